The van der Waals surface area contributed by atoms with Crippen molar-refractivity contribution in [3.8, 4) is 0 Å². The number of allylic oxidation sites excluding steroid dienone is 1. The molecule has 31 heavy (non-hydrogen) atoms. The Kier molecular flexibility index (Phi) is 7.04. The summed E-state index contributed by atoms with van der Waals surface area (Å²) in [7, 11) is 0. The van der Waals surface area contributed by atoms with Crippen LogP contribution in [0.1, 0.15) is 112 Å². The lowest BCUT2D eigenvalue weighted by Gasteiger charge is -2.63. The molecule has 1 nitrogen and oxygen atoms in total. The Morgan fingerprint density at radius 1 is 0.871 bits per heavy atom. The van der Waals surface area contributed by atoms with E-state index in [1.165, 1.54) is 70.6 Å². The van der Waals surface area contributed by atoms with Gasteiger partial charge in [-0.15, -0.1) is 6.58 Å². The van der Waals surface area contributed by atoms with Gasteiger partial charge in [0.15, 0.2) is 0 Å². The highest BCUT2D eigenvalue weighted by molar-refractivity contribution is 5.11. The Labute approximate surface area is 194 Å². The molecule has 4 aliphatic rings. The standard InChI is InChI=1S/C30H53N/c1-7-9-23-26-13-12-22-25-15-14-24(21(4)11-8-10-20(2)3)29(25,5)18-16-27(22)30(26,6)19-17-28(23)31/h7,20-28H,1,8-19,31H2,2-6H3/t21-,22+,23+,24-,25+,26+,27+,28-,29-,30+/m1/s1. The monoisotopic (exact) mass is 427 g/mol. The van der Waals surface area contributed by atoms with Gasteiger partial charge in [-0.25, -0.2) is 0 Å². The highest BCUT2D eigenvalue weighted by atomic mass is 14.7. The van der Waals surface area contributed by atoms with Crippen LogP contribution >= 0.6 is 0 Å². The average molecular weight is 428 g/mol. The molecule has 0 spiro atoms. The summed E-state index contributed by atoms with van der Waals surface area (Å²) in [6.07, 6.45) is 19.2. The molecule has 10 atom stereocenters. The smallest absolute Gasteiger partial charge is 0.00731 e. The molecule has 1 heteroatoms. The maximum absolute atomic E-state index is 6.67. The molecule has 4 rings (SSSR count). The number of rotatable bonds is 7. The fourth-order valence-corrected chi connectivity index (χ4v) is 10.1. The second-order valence-electron chi connectivity index (χ2n) is 13.5. The first kappa shape index (κ1) is 23.8. The average Bonchev–Trinajstić information content (AvgIpc) is 3.07. The molecule has 0 amide bonds. The molecule has 0 bridgehead atoms. The van der Waals surface area contributed by atoms with Crippen molar-refractivity contribution in [1.82, 2.24) is 0 Å². The molecule has 0 aromatic rings. The fraction of sp³-hybridized carbons (Fsp3) is 0.933. The van der Waals surface area contributed by atoms with E-state index in [9.17, 15) is 0 Å². The Balaban J connectivity index is 1.49. The largest absolute Gasteiger partial charge is 0.327 e. The van der Waals surface area contributed by atoms with Crippen LogP contribution < -0.4 is 5.73 Å². The molecule has 0 aromatic carbocycles. The second-order valence-corrected chi connectivity index (χ2v) is 13.5. The van der Waals surface area contributed by atoms with Crippen LogP contribution in [0.3, 0.4) is 0 Å². The maximum atomic E-state index is 6.67. The van der Waals surface area contributed by atoms with E-state index in [0.717, 1.165) is 47.8 Å². The molecule has 2 N–H and O–H groups in total. The molecule has 0 saturated heterocycles. The summed E-state index contributed by atoms with van der Waals surface area (Å²) >= 11 is 0. The van der Waals surface area contributed by atoms with Gasteiger partial charge in [-0.2, -0.15) is 0 Å². The van der Waals surface area contributed by atoms with Gasteiger partial charge in [-0.3, -0.25) is 0 Å². The van der Waals surface area contributed by atoms with Gasteiger partial charge < -0.3 is 5.73 Å². The van der Waals surface area contributed by atoms with Gasteiger partial charge in [0.2, 0.25) is 0 Å². The molecule has 0 radical (unpaired) electrons. The minimum atomic E-state index is 0.407. The highest BCUT2D eigenvalue weighted by Crippen LogP contribution is 2.69. The fourth-order valence-electron chi connectivity index (χ4n) is 10.1. The number of hydrogen-bond acceptors (Lipinski definition) is 1. The van der Waals surface area contributed by atoms with E-state index in [1.807, 2.05) is 0 Å². The maximum Gasteiger partial charge on any atom is 0.00731 e. The van der Waals surface area contributed by atoms with E-state index in [2.05, 4.69) is 47.3 Å². The Bertz CT molecular complexity index is 624. The lowest BCUT2D eigenvalue weighted by atomic mass is 9.42. The number of nitrogens with two attached hydrogens (primary N) is 1. The molecular weight excluding hydrogens is 374 g/mol. The zero-order valence-electron chi connectivity index (χ0n) is 21.5. The minimum absolute atomic E-state index is 0.407. The lowest BCUT2D eigenvalue weighted by molar-refractivity contribution is -0.132. The van der Waals surface area contributed by atoms with Crippen LogP contribution in [0.15, 0.2) is 12.7 Å². The lowest BCUT2D eigenvalue weighted by Crippen LogP contribution is -2.57. The summed E-state index contributed by atoms with van der Waals surface area (Å²) in [4.78, 5) is 0. The summed E-state index contributed by atoms with van der Waals surface area (Å²) in [6.45, 7) is 16.9. The number of hydrogen-bond donors (Lipinski definition) is 1. The molecule has 178 valence electrons. The van der Waals surface area contributed by atoms with Crippen LogP contribution in [-0.2, 0) is 0 Å². The van der Waals surface area contributed by atoms with Gasteiger partial charge in [-0.05, 0) is 116 Å². The molecule has 0 aliphatic heterocycles. The minimum Gasteiger partial charge on any atom is -0.327 e. The van der Waals surface area contributed by atoms with E-state index in [1.54, 1.807) is 0 Å². The van der Waals surface area contributed by atoms with Crippen molar-refractivity contribution in [1.29, 1.82) is 0 Å². The van der Waals surface area contributed by atoms with Crippen LogP contribution in [0.25, 0.3) is 0 Å². The van der Waals surface area contributed by atoms with Crippen molar-refractivity contribution in [2.45, 2.75) is 118 Å². The first-order valence-electron chi connectivity index (χ1n) is 14.1. The van der Waals surface area contributed by atoms with Crippen LogP contribution in [0, 0.1) is 58.2 Å². The van der Waals surface area contributed by atoms with E-state index in [-0.39, 0.29) is 0 Å². The van der Waals surface area contributed by atoms with Crippen molar-refractivity contribution in [2.24, 2.45) is 63.9 Å². The van der Waals surface area contributed by atoms with Gasteiger partial charge >= 0.3 is 0 Å². The van der Waals surface area contributed by atoms with E-state index in [4.69, 9.17) is 5.73 Å². The third-order valence-electron chi connectivity index (χ3n) is 11.7. The van der Waals surface area contributed by atoms with Crippen molar-refractivity contribution in [2.75, 3.05) is 0 Å². The van der Waals surface area contributed by atoms with Crippen molar-refractivity contribution in [3.05, 3.63) is 12.7 Å². The van der Waals surface area contributed by atoms with Gasteiger partial charge in [-0.1, -0.05) is 60.0 Å². The van der Waals surface area contributed by atoms with Gasteiger partial charge in [0.1, 0.15) is 0 Å². The second kappa shape index (κ2) is 9.15. The van der Waals surface area contributed by atoms with Gasteiger partial charge in [0, 0.05) is 6.04 Å². The van der Waals surface area contributed by atoms with Crippen LogP contribution in [0.5, 0.6) is 0 Å². The molecule has 0 heterocycles. The zero-order valence-corrected chi connectivity index (χ0v) is 21.5. The van der Waals surface area contributed by atoms with E-state index >= 15 is 0 Å². The Hall–Kier alpha value is -0.300. The highest BCUT2D eigenvalue weighted by Gasteiger charge is 2.61. The predicted molar refractivity (Wildman–Crippen MR) is 135 cm³/mol. The quantitative estimate of drug-likeness (QED) is 0.407. The molecule has 0 unspecified atom stereocenters. The molecule has 0 aromatic heterocycles. The summed E-state index contributed by atoms with van der Waals surface area (Å²) in [6, 6.07) is 0.407. The van der Waals surface area contributed by atoms with Crippen LogP contribution in [0.4, 0.5) is 0 Å². The summed E-state index contributed by atoms with van der Waals surface area (Å²) < 4.78 is 0. The Morgan fingerprint density at radius 3 is 2.26 bits per heavy atom. The zero-order chi connectivity index (χ0) is 22.4. The molecule has 4 aliphatic carbocycles. The Morgan fingerprint density at radius 2 is 1.55 bits per heavy atom. The SMILES string of the molecule is C=CC[C@@H]1[C@H](N)CC[C@@]2(C)[C@H]1CC[C@@H]1[C@@H]2CC[C@]2(C)[C@@H]([C@H](C)CCCC(C)C)CC[C@@H]12. The normalized spacial score (nSPS) is 48.0. The van der Waals surface area contributed by atoms with Crippen molar-refractivity contribution < 1.29 is 0 Å². The van der Waals surface area contributed by atoms with E-state index in [0.29, 0.717) is 22.8 Å². The molecule has 4 fully saturated rings. The van der Waals surface area contributed by atoms with Crippen molar-refractivity contribution >= 4 is 0 Å². The first-order chi connectivity index (χ1) is 14.7. The molecular formula is C30H53N. The van der Waals surface area contributed by atoms with Crippen molar-refractivity contribution in [3.63, 3.8) is 0 Å². The molecule has 4 saturated carbocycles. The van der Waals surface area contributed by atoms with Crippen LogP contribution in [-0.4, -0.2) is 6.04 Å². The van der Waals surface area contributed by atoms with E-state index < -0.39 is 0 Å². The summed E-state index contributed by atoms with van der Waals surface area (Å²) in [5, 5.41) is 0. The van der Waals surface area contributed by atoms with Gasteiger partial charge in [0.25, 0.3) is 0 Å². The summed E-state index contributed by atoms with van der Waals surface area (Å²) in [5.74, 6) is 7.22. The van der Waals surface area contributed by atoms with Gasteiger partial charge in [0.05, 0.1) is 0 Å². The van der Waals surface area contributed by atoms with Crippen LogP contribution in [0.2, 0.25) is 0 Å². The third-order valence-corrected chi connectivity index (χ3v) is 11.7. The number of fused-ring (bicyclic) bond motifs is 5. The third kappa shape index (κ3) is 4.08. The predicted octanol–water partition coefficient (Wildman–Crippen LogP) is 8.24. The first-order valence-corrected chi connectivity index (χ1v) is 14.1. The summed E-state index contributed by atoms with van der Waals surface area (Å²) in [5.41, 5.74) is 7.82. The topological polar surface area (TPSA) is 26.0 Å².